The fourth-order valence-electron chi connectivity index (χ4n) is 4.88. The third-order valence-corrected chi connectivity index (χ3v) is 7.12. The van der Waals surface area contributed by atoms with Crippen molar-refractivity contribution >= 4 is 29.2 Å². The number of anilines is 2. The van der Waals surface area contributed by atoms with Crippen LogP contribution >= 0.6 is 0 Å². The van der Waals surface area contributed by atoms with E-state index in [4.69, 9.17) is 4.74 Å². The molecule has 2 amide bonds. The molecule has 6 nitrogen and oxygen atoms in total. The molecule has 0 fully saturated rings. The minimum atomic E-state index is -4.44. The Balaban J connectivity index is 1.42. The zero-order valence-corrected chi connectivity index (χ0v) is 21.7. The van der Waals surface area contributed by atoms with Crippen LogP contribution in [-0.2, 0) is 22.1 Å². The molecule has 3 aromatic carbocycles. The first-order chi connectivity index (χ1) is 18.5. The van der Waals surface area contributed by atoms with Gasteiger partial charge in [0.1, 0.15) is 0 Å². The summed E-state index contributed by atoms with van der Waals surface area (Å²) in [6.45, 7) is 3.96. The van der Waals surface area contributed by atoms with Gasteiger partial charge in [-0.05, 0) is 79.3 Å². The number of ether oxygens (including phenoxy) is 1. The van der Waals surface area contributed by atoms with Crippen molar-refractivity contribution in [1.82, 2.24) is 0 Å². The van der Waals surface area contributed by atoms with Crippen LogP contribution in [0.25, 0.3) is 11.1 Å². The number of Topliss-reactive ketones (excluding diaryl/α,β-unsaturated/α-hetero) is 1. The zero-order valence-electron chi connectivity index (χ0n) is 21.7. The van der Waals surface area contributed by atoms with Gasteiger partial charge in [-0.3, -0.25) is 9.59 Å². The summed E-state index contributed by atoms with van der Waals surface area (Å²) in [5.74, 6) is -0.376. The SMILES string of the molecule is CCOC(=O)CC1(CC)CCc2cc(-c3ccc(NC(=O)Nc4ccc(C(F)(F)F)cc4)cc3)ccc2C1=O. The third-order valence-electron chi connectivity index (χ3n) is 7.12. The van der Waals surface area contributed by atoms with Gasteiger partial charge in [0.25, 0.3) is 0 Å². The lowest BCUT2D eigenvalue weighted by molar-refractivity contribution is -0.145. The number of fused-ring (bicyclic) bond motifs is 1. The van der Waals surface area contributed by atoms with Crippen LogP contribution in [0.15, 0.2) is 66.7 Å². The number of aryl methyl sites for hydroxylation is 1. The molecule has 0 bridgehead atoms. The Morgan fingerprint density at radius 3 is 2.05 bits per heavy atom. The number of carbonyl (C=O) groups excluding carboxylic acids is 3. The minimum Gasteiger partial charge on any atom is -0.466 e. The van der Waals surface area contributed by atoms with E-state index in [1.165, 1.54) is 12.1 Å². The number of esters is 1. The molecule has 0 aliphatic heterocycles. The third kappa shape index (κ3) is 6.30. The Labute approximate surface area is 224 Å². The van der Waals surface area contributed by atoms with E-state index in [1.54, 1.807) is 19.1 Å². The van der Waals surface area contributed by atoms with Crippen molar-refractivity contribution in [3.8, 4) is 11.1 Å². The van der Waals surface area contributed by atoms with Crippen LogP contribution in [0.2, 0.25) is 0 Å². The van der Waals surface area contributed by atoms with Crippen LogP contribution in [0, 0.1) is 5.41 Å². The Kier molecular flexibility index (Phi) is 8.09. The van der Waals surface area contributed by atoms with E-state index in [9.17, 15) is 27.6 Å². The summed E-state index contributed by atoms with van der Waals surface area (Å²) in [5.41, 5.74) is 2.57. The van der Waals surface area contributed by atoms with Crippen LogP contribution in [0.5, 0.6) is 0 Å². The summed E-state index contributed by atoms with van der Waals surface area (Å²) in [7, 11) is 0. The van der Waals surface area contributed by atoms with E-state index < -0.39 is 23.2 Å². The molecule has 0 heterocycles. The van der Waals surface area contributed by atoms with Gasteiger partial charge in [0.15, 0.2) is 5.78 Å². The number of amides is 2. The summed E-state index contributed by atoms with van der Waals surface area (Å²) in [4.78, 5) is 37.8. The molecule has 3 aromatic rings. The number of alkyl halides is 3. The first kappa shape index (κ1) is 27.9. The van der Waals surface area contributed by atoms with Gasteiger partial charge in [-0.2, -0.15) is 13.2 Å². The van der Waals surface area contributed by atoms with Crippen molar-refractivity contribution in [3.05, 3.63) is 83.4 Å². The van der Waals surface area contributed by atoms with Crippen LogP contribution in [0.4, 0.5) is 29.3 Å². The highest BCUT2D eigenvalue weighted by Gasteiger charge is 2.43. The van der Waals surface area contributed by atoms with Crippen LogP contribution in [-0.4, -0.2) is 24.4 Å². The van der Waals surface area contributed by atoms with Gasteiger partial charge in [-0.15, -0.1) is 0 Å². The van der Waals surface area contributed by atoms with Gasteiger partial charge < -0.3 is 15.4 Å². The van der Waals surface area contributed by atoms with E-state index in [2.05, 4.69) is 10.6 Å². The lowest BCUT2D eigenvalue weighted by Gasteiger charge is -2.35. The highest BCUT2D eigenvalue weighted by molar-refractivity contribution is 6.05. The van der Waals surface area contributed by atoms with Gasteiger partial charge in [-0.25, -0.2) is 4.79 Å². The average molecular weight is 539 g/mol. The van der Waals surface area contributed by atoms with E-state index in [0.29, 0.717) is 30.5 Å². The topological polar surface area (TPSA) is 84.5 Å². The largest absolute Gasteiger partial charge is 0.466 e. The molecule has 0 spiro atoms. The number of carbonyl (C=O) groups is 3. The number of ketones is 1. The zero-order chi connectivity index (χ0) is 28.2. The lowest BCUT2D eigenvalue weighted by Crippen LogP contribution is -2.38. The molecule has 0 aromatic heterocycles. The van der Waals surface area contributed by atoms with Crippen molar-refractivity contribution in [2.45, 2.75) is 45.7 Å². The minimum absolute atomic E-state index is 0.0236. The fraction of sp³-hybridized carbons (Fsp3) is 0.300. The van der Waals surface area contributed by atoms with Crippen LogP contribution in [0.3, 0.4) is 0 Å². The number of halogens is 3. The average Bonchev–Trinajstić information content (AvgIpc) is 2.90. The van der Waals surface area contributed by atoms with Gasteiger partial charge in [0, 0.05) is 22.4 Å². The van der Waals surface area contributed by atoms with Gasteiger partial charge >= 0.3 is 18.2 Å². The molecule has 0 saturated heterocycles. The van der Waals surface area contributed by atoms with Crippen LogP contribution in [0.1, 0.15) is 54.6 Å². The summed E-state index contributed by atoms with van der Waals surface area (Å²) in [5, 5.41) is 5.16. The predicted octanol–water partition coefficient (Wildman–Crippen LogP) is 7.49. The second-order valence-corrected chi connectivity index (χ2v) is 9.55. The molecule has 204 valence electrons. The summed E-state index contributed by atoms with van der Waals surface area (Å²) in [6, 6.07) is 16.3. The van der Waals surface area contributed by atoms with Crippen molar-refractivity contribution < 1.29 is 32.3 Å². The molecule has 39 heavy (non-hydrogen) atoms. The molecule has 0 saturated carbocycles. The van der Waals surface area contributed by atoms with Crippen molar-refractivity contribution in [2.24, 2.45) is 5.41 Å². The number of nitrogens with one attached hydrogen (secondary N) is 2. The van der Waals surface area contributed by atoms with E-state index in [0.717, 1.165) is 28.8 Å². The smallest absolute Gasteiger partial charge is 0.416 e. The number of hydrogen-bond acceptors (Lipinski definition) is 4. The molecule has 1 atom stereocenters. The van der Waals surface area contributed by atoms with Gasteiger partial charge in [-0.1, -0.05) is 37.3 Å². The predicted molar refractivity (Wildman–Crippen MR) is 143 cm³/mol. The Morgan fingerprint density at radius 1 is 0.897 bits per heavy atom. The number of rotatable bonds is 7. The highest BCUT2D eigenvalue weighted by Crippen LogP contribution is 2.42. The van der Waals surface area contributed by atoms with Gasteiger partial charge in [0.05, 0.1) is 18.6 Å². The monoisotopic (exact) mass is 538 g/mol. The normalized spacial score (nSPS) is 16.8. The quantitative estimate of drug-likeness (QED) is 0.305. The fourth-order valence-corrected chi connectivity index (χ4v) is 4.88. The molecular formula is C30H29F3N2O4. The molecule has 1 aliphatic carbocycles. The van der Waals surface area contributed by atoms with Crippen molar-refractivity contribution in [1.29, 1.82) is 0 Å². The van der Waals surface area contributed by atoms with E-state index in [1.807, 2.05) is 37.3 Å². The Hall–Kier alpha value is -4.14. The Morgan fingerprint density at radius 2 is 1.49 bits per heavy atom. The van der Waals surface area contributed by atoms with E-state index in [-0.39, 0.29) is 30.5 Å². The van der Waals surface area contributed by atoms with E-state index >= 15 is 0 Å². The summed E-state index contributed by atoms with van der Waals surface area (Å²) >= 11 is 0. The standard InChI is InChI=1S/C30H29F3N2O4/c1-3-29(18-26(36)39-4-2)16-15-21-17-20(7-14-25(21)27(29)37)19-5-10-23(11-6-19)34-28(38)35-24-12-8-22(9-13-24)30(31,32)33/h5-14,17H,3-4,15-16,18H2,1-2H3,(H2,34,35,38). The first-order valence-corrected chi connectivity index (χ1v) is 12.7. The molecule has 1 unspecified atom stereocenters. The van der Waals surface area contributed by atoms with Crippen molar-refractivity contribution in [2.75, 3.05) is 17.2 Å². The lowest BCUT2D eigenvalue weighted by atomic mass is 9.67. The first-order valence-electron chi connectivity index (χ1n) is 12.7. The molecule has 0 radical (unpaired) electrons. The number of urea groups is 1. The summed E-state index contributed by atoms with van der Waals surface area (Å²) < 4.78 is 43.2. The second-order valence-electron chi connectivity index (χ2n) is 9.55. The maximum atomic E-state index is 13.4. The maximum Gasteiger partial charge on any atom is 0.416 e. The molecular weight excluding hydrogens is 509 g/mol. The number of hydrogen-bond donors (Lipinski definition) is 2. The van der Waals surface area contributed by atoms with Crippen molar-refractivity contribution in [3.63, 3.8) is 0 Å². The maximum absolute atomic E-state index is 13.4. The Bertz CT molecular complexity index is 1370. The molecule has 2 N–H and O–H groups in total. The molecule has 9 heteroatoms. The molecule has 4 rings (SSSR count). The highest BCUT2D eigenvalue weighted by atomic mass is 19.4. The van der Waals surface area contributed by atoms with Gasteiger partial charge in [0.2, 0.25) is 0 Å². The molecule has 1 aliphatic rings. The second kappa shape index (κ2) is 11.3. The number of benzene rings is 3. The summed E-state index contributed by atoms with van der Waals surface area (Å²) in [6.07, 6.45) is -2.55. The van der Waals surface area contributed by atoms with Crippen LogP contribution < -0.4 is 10.6 Å².